The van der Waals surface area contributed by atoms with Gasteiger partial charge in [0.05, 0.1) is 18.1 Å². The predicted octanol–water partition coefficient (Wildman–Crippen LogP) is 3.86. The first-order chi connectivity index (χ1) is 13.0. The zero-order valence-corrected chi connectivity index (χ0v) is 16.4. The molecule has 4 heteroatoms. The molecule has 1 aromatic carbocycles. The highest BCUT2D eigenvalue weighted by atomic mass is 16.6. The van der Waals surface area contributed by atoms with Gasteiger partial charge in [0.25, 0.3) is 0 Å². The van der Waals surface area contributed by atoms with Crippen LogP contribution in [0.1, 0.15) is 57.6 Å². The van der Waals surface area contributed by atoms with Crippen LogP contribution in [0.4, 0.5) is 0 Å². The third-order valence-electron chi connectivity index (χ3n) is 8.02. The van der Waals surface area contributed by atoms with Crippen LogP contribution < -0.4 is 5.32 Å². The molecule has 27 heavy (non-hydrogen) atoms. The van der Waals surface area contributed by atoms with Gasteiger partial charge in [-0.1, -0.05) is 37.3 Å². The molecule has 2 aliphatic heterocycles. The maximum absolute atomic E-state index is 12.7. The molecule has 146 valence electrons. The highest BCUT2D eigenvalue weighted by Crippen LogP contribution is 2.62. The number of esters is 1. The Labute approximate surface area is 162 Å². The molecule has 0 radical (unpaired) electrons. The molecule has 0 aromatic heterocycles. The molecular formula is C23H31NO3. The molecule has 7 atom stereocenters. The van der Waals surface area contributed by atoms with E-state index in [1.165, 1.54) is 24.8 Å². The number of epoxide rings is 1. The Bertz CT molecular complexity index is 716. The van der Waals surface area contributed by atoms with Crippen molar-refractivity contribution in [1.29, 1.82) is 0 Å². The number of rotatable bonds is 4. The van der Waals surface area contributed by atoms with E-state index in [9.17, 15) is 4.79 Å². The fourth-order valence-electron chi connectivity index (χ4n) is 6.35. The van der Waals surface area contributed by atoms with Gasteiger partial charge in [-0.25, -0.2) is 0 Å². The van der Waals surface area contributed by atoms with Gasteiger partial charge in [0, 0.05) is 18.5 Å². The summed E-state index contributed by atoms with van der Waals surface area (Å²) in [6.45, 7) is 6.20. The Morgan fingerprint density at radius 3 is 2.78 bits per heavy atom. The Morgan fingerprint density at radius 2 is 2.04 bits per heavy atom. The maximum Gasteiger partial charge on any atom is 0.310 e. The quantitative estimate of drug-likeness (QED) is 0.647. The van der Waals surface area contributed by atoms with Crippen molar-refractivity contribution in [2.75, 3.05) is 13.2 Å². The van der Waals surface area contributed by atoms with Gasteiger partial charge in [-0.3, -0.25) is 4.79 Å². The van der Waals surface area contributed by atoms with Gasteiger partial charge >= 0.3 is 5.97 Å². The van der Waals surface area contributed by atoms with Gasteiger partial charge in [-0.2, -0.15) is 0 Å². The van der Waals surface area contributed by atoms with E-state index < -0.39 is 0 Å². The number of benzene rings is 1. The molecule has 2 aliphatic carbocycles. The summed E-state index contributed by atoms with van der Waals surface area (Å²) in [6, 6.07) is 10.7. The van der Waals surface area contributed by atoms with Crippen LogP contribution in [-0.4, -0.2) is 30.8 Å². The van der Waals surface area contributed by atoms with E-state index in [1.54, 1.807) is 0 Å². The van der Waals surface area contributed by atoms with Crippen molar-refractivity contribution in [2.45, 2.75) is 63.7 Å². The van der Waals surface area contributed by atoms with E-state index in [-0.39, 0.29) is 35.0 Å². The van der Waals surface area contributed by atoms with Gasteiger partial charge < -0.3 is 14.8 Å². The van der Waals surface area contributed by atoms with Crippen molar-refractivity contribution in [3.63, 3.8) is 0 Å². The molecule has 2 heterocycles. The van der Waals surface area contributed by atoms with Crippen molar-refractivity contribution in [3.05, 3.63) is 35.9 Å². The highest BCUT2D eigenvalue weighted by molar-refractivity contribution is 5.75. The van der Waals surface area contributed by atoms with E-state index in [1.807, 2.05) is 6.07 Å². The minimum absolute atomic E-state index is 0.00535. The van der Waals surface area contributed by atoms with E-state index in [0.29, 0.717) is 18.4 Å². The number of nitrogens with one attached hydrogen (secondary N) is 1. The smallest absolute Gasteiger partial charge is 0.310 e. The highest BCUT2D eigenvalue weighted by Gasteiger charge is 2.64. The Balaban J connectivity index is 1.30. The van der Waals surface area contributed by atoms with Crippen molar-refractivity contribution < 1.29 is 14.3 Å². The normalized spacial score (nSPS) is 43.7. The minimum Gasteiger partial charge on any atom is -0.462 e. The summed E-state index contributed by atoms with van der Waals surface area (Å²) in [5.41, 5.74) is 1.66. The van der Waals surface area contributed by atoms with Crippen molar-refractivity contribution in [1.82, 2.24) is 5.32 Å². The number of fused-ring (bicyclic) bond motifs is 3. The molecule has 4 fully saturated rings. The van der Waals surface area contributed by atoms with E-state index in [0.717, 1.165) is 19.4 Å². The largest absolute Gasteiger partial charge is 0.462 e. The van der Waals surface area contributed by atoms with Gasteiger partial charge in [-0.15, -0.1) is 0 Å². The monoisotopic (exact) mass is 369 g/mol. The molecule has 0 unspecified atom stereocenters. The van der Waals surface area contributed by atoms with Crippen LogP contribution in [0.2, 0.25) is 0 Å². The second-order valence-electron chi connectivity index (χ2n) is 9.64. The number of hydrogen-bond acceptors (Lipinski definition) is 4. The maximum atomic E-state index is 12.7. The van der Waals surface area contributed by atoms with E-state index >= 15 is 0 Å². The molecule has 1 aromatic rings. The summed E-state index contributed by atoms with van der Waals surface area (Å²) in [7, 11) is 0. The number of ether oxygens (including phenoxy) is 2. The van der Waals surface area contributed by atoms with E-state index in [2.05, 4.69) is 43.4 Å². The lowest BCUT2D eigenvalue weighted by molar-refractivity contribution is -0.147. The molecular weight excluding hydrogens is 338 g/mol. The summed E-state index contributed by atoms with van der Waals surface area (Å²) in [4.78, 5) is 12.7. The lowest BCUT2D eigenvalue weighted by atomic mass is 9.53. The Morgan fingerprint density at radius 1 is 1.26 bits per heavy atom. The molecule has 2 saturated heterocycles. The van der Waals surface area contributed by atoms with Gasteiger partial charge in [0.15, 0.2) is 0 Å². The lowest BCUT2D eigenvalue weighted by Gasteiger charge is -2.51. The number of carbonyl (C=O) groups is 1. The summed E-state index contributed by atoms with van der Waals surface area (Å²) >= 11 is 0. The first kappa shape index (κ1) is 17.7. The molecule has 1 spiro atoms. The molecule has 5 rings (SSSR count). The Kier molecular flexibility index (Phi) is 4.14. The van der Waals surface area contributed by atoms with Crippen LogP contribution in [-0.2, 0) is 14.3 Å². The minimum atomic E-state index is -0.0246. The molecule has 0 bridgehead atoms. The molecule has 1 N–H and O–H groups in total. The van der Waals surface area contributed by atoms with E-state index in [4.69, 9.17) is 9.47 Å². The third-order valence-corrected chi connectivity index (χ3v) is 8.02. The van der Waals surface area contributed by atoms with Gasteiger partial charge in [-0.05, 0) is 55.9 Å². The van der Waals surface area contributed by atoms with Crippen LogP contribution in [0.25, 0.3) is 0 Å². The number of hydrogen-bond donors (Lipinski definition) is 1. The van der Waals surface area contributed by atoms with Crippen molar-refractivity contribution in [2.24, 2.45) is 23.2 Å². The van der Waals surface area contributed by atoms with Crippen LogP contribution in [0.5, 0.6) is 0 Å². The molecule has 4 aliphatic rings. The fraction of sp³-hybridized carbons (Fsp3) is 0.696. The second-order valence-corrected chi connectivity index (χ2v) is 9.64. The van der Waals surface area contributed by atoms with Crippen molar-refractivity contribution in [3.8, 4) is 0 Å². The van der Waals surface area contributed by atoms with Crippen LogP contribution >= 0.6 is 0 Å². The van der Waals surface area contributed by atoms with Crippen molar-refractivity contribution >= 4 is 5.97 Å². The zero-order valence-electron chi connectivity index (χ0n) is 16.4. The predicted molar refractivity (Wildman–Crippen MR) is 103 cm³/mol. The Hall–Kier alpha value is -1.39. The second kappa shape index (κ2) is 6.31. The summed E-state index contributed by atoms with van der Waals surface area (Å²) < 4.78 is 11.9. The van der Waals surface area contributed by atoms with Crippen LogP contribution in [0, 0.1) is 23.2 Å². The fourth-order valence-corrected chi connectivity index (χ4v) is 6.35. The van der Waals surface area contributed by atoms with Gasteiger partial charge in [0.2, 0.25) is 0 Å². The lowest BCUT2D eigenvalue weighted by Crippen LogP contribution is -2.51. The summed E-state index contributed by atoms with van der Waals surface area (Å²) in [5.74, 6) is 0.906. The first-order valence-corrected chi connectivity index (χ1v) is 10.6. The standard InChI is InChI=1S/C23H31NO3/c1-15(16-7-4-3-5-8-16)24-13-18-17-11-20-22(2,12-19(17)27-21(18)25)9-6-10-23(20)14-26-23/h3-5,7-8,15,17-20,24H,6,9-14H2,1-2H3/t15-,17-,18-,19+,20-,22+,23+/m0/s1. The first-order valence-electron chi connectivity index (χ1n) is 10.6. The average Bonchev–Trinajstić information content (AvgIpc) is 3.36. The molecule has 0 amide bonds. The SMILES string of the molecule is C[C@H](NC[C@@H]1C(=O)O[C@@H]2C[C@@]3(C)CCC[C@@]4(CO4)[C@H]3C[C@@H]12)c1ccccc1. The topological polar surface area (TPSA) is 50.9 Å². The number of carbonyl (C=O) groups excluding carboxylic acids is 1. The third kappa shape index (κ3) is 2.92. The summed E-state index contributed by atoms with van der Waals surface area (Å²) in [6.07, 6.45) is 5.90. The summed E-state index contributed by atoms with van der Waals surface area (Å²) in [5, 5.41) is 3.59. The average molecular weight is 370 g/mol. The zero-order chi connectivity index (χ0) is 18.6. The van der Waals surface area contributed by atoms with Crippen LogP contribution in [0.15, 0.2) is 30.3 Å². The molecule has 4 nitrogen and oxygen atoms in total. The van der Waals surface area contributed by atoms with Gasteiger partial charge in [0.1, 0.15) is 6.10 Å². The molecule has 2 saturated carbocycles. The van der Waals surface area contributed by atoms with Crippen LogP contribution in [0.3, 0.4) is 0 Å².